The van der Waals surface area contributed by atoms with Crippen LogP contribution in [0.15, 0.2) is 125 Å². The minimum atomic E-state index is 0.953. The van der Waals surface area contributed by atoms with Crippen molar-refractivity contribution >= 4 is 46.0 Å². The van der Waals surface area contributed by atoms with Crippen molar-refractivity contribution in [3.8, 4) is 22.3 Å². The van der Waals surface area contributed by atoms with Crippen LogP contribution in [0.3, 0.4) is 0 Å². The molecule has 4 heterocycles. The Labute approximate surface area is 219 Å². The molecule has 1 aliphatic rings. The van der Waals surface area contributed by atoms with Crippen LogP contribution in [0.2, 0.25) is 0 Å². The summed E-state index contributed by atoms with van der Waals surface area (Å²) >= 11 is 1.74. The molecule has 0 saturated heterocycles. The molecule has 0 spiro atoms. The average molecular weight is 494 g/mol. The highest BCUT2D eigenvalue weighted by Gasteiger charge is 2.16. The molecule has 37 heavy (non-hydrogen) atoms. The lowest BCUT2D eigenvalue weighted by atomic mass is 10.0. The molecule has 0 radical (unpaired) electrons. The number of hydrogen-bond donors (Lipinski definition) is 2. The number of rotatable bonds is 4. The second kappa shape index (κ2) is 9.16. The molecule has 0 fully saturated rings. The molecule has 0 aliphatic carbocycles. The van der Waals surface area contributed by atoms with Gasteiger partial charge >= 0.3 is 0 Å². The summed E-state index contributed by atoms with van der Waals surface area (Å²) in [6, 6.07) is 40.2. The Hall–Kier alpha value is -4.54. The predicted octanol–water partition coefficient (Wildman–Crippen LogP) is 9.14. The van der Waals surface area contributed by atoms with Crippen molar-refractivity contribution < 1.29 is 0 Å². The van der Waals surface area contributed by atoms with Crippen molar-refractivity contribution in [3.05, 3.63) is 127 Å². The first-order chi connectivity index (χ1) is 18.3. The molecule has 0 atom stereocenters. The number of nitrogens with zero attached hydrogens (tertiary/aromatic N) is 1. The number of benzene rings is 3. The Bertz CT molecular complexity index is 1830. The molecule has 4 heteroatoms. The highest BCUT2D eigenvalue weighted by Crippen LogP contribution is 2.38. The largest absolute Gasteiger partial charge is 0.354 e. The summed E-state index contributed by atoms with van der Waals surface area (Å²) in [5.74, 6) is 0. The van der Waals surface area contributed by atoms with Crippen LogP contribution in [0.25, 0.3) is 56.5 Å². The van der Waals surface area contributed by atoms with Crippen molar-refractivity contribution in [1.29, 1.82) is 0 Å². The highest BCUT2D eigenvalue weighted by atomic mass is 32.2. The second-order valence-corrected chi connectivity index (χ2v) is 10.1. The minimum Gasteiger partial charge on any atom is -0.354 e. The third-order valence-corrected chi connectivity index (χ3v) is 7.78. The molecule has 3 nitrogen and oxygen atoms in total. The Kier molecular flexibility index (Phi) is 5.38. The van der Waals surface area contributed by atoms with Crippen LogP contribution >= 0.6 is 11.8 Å². The van der Waals surface area contributed by atoms with Crippen molar-refractivity contribution in [2.24, 2.45) is 0 Å². The van der Waals surface area contributed by atoms with Gasteiger partial charge in [0.15, 0.2) is 0 Å². The van der Waals surface area contributed by atoms with Crippen molar-refractivity contribution in [3.63, 3.8) is 0 Å². The van der Waals surface area contributed by atoms with E-state index in [1.165, 1.54) is 4.90 Å². The molecule has 6 aromatic rings. The van der Waals surface area contributed by atoms with Crippen molar-refractivity contribution in [2.45, 2.75) is 9.79 Å². The molecule has 0 unspecified atom stereocenters. The lowest BCUT2D eigenvalue weighted by Gasteiger charge is -2.06. The summed E-state index contributed by atoms with van der Waals surface area (Å²) in [5.41, 5.74) is 10.7. The molecule has 1 aliphatic heterocycles. The fourth-order valence-corrected chi connectivity index (χ4v) is 5.92. The Morgan fingerprint density at radius 1 is 0.459 bits per heavy atom. The van der Waals surface area contributed by atoms with Crippen molar-refractivity contribution in [2.75, 3.05) is 0 Å². The predicted molar refractivity (Wildman–Crippen MR) is 156 cm³/mol. The van der Waals surface area contributed by atoms with E-state index in [0.29, 0.717) is 0 Å². The molecule has 0 saturated carbocycles. The monoisotopic (exact) mass is 493 g/mol. The maximum atomic E-state index is 5.18. The van der Waals surface area contributed by atoms with Crippen molar-refractivity contribution in [1.82, 2.24) is 15.0 Å². The molecule has 176 valence electrons. The lowest BCUT2D eigenvalue weighted by molar-refractivity contribution is 1.24. The molecular weight excluding hydrogens is 470 g/mol. The topological polar surface area (TPSA) is 44.5 Å². The van der Waals surface area contributed by atoms with Crippen LogP contribution in [0, 0.1) is 0 Å². The van der Waals surface area contributed by atoms with Crippen LogP contribution in [0.1, 0.15) is 11.4 Å². The van der Waals surface area contributed by atoms with E-state index < -0.39 is 0 Å². The summed E-state index contributed by atoms with van der Waals surface area (Å²) in [6.45, 7) is 0. The Morgan fingerprint density at radius 2 is 0.946 bits per heavy atom. The Balaban J connectivity index is 1.62. The SMILES string of the molecule is C1=Cc2nc1c(Sc1ccccc1)c1ccc([nH]1)c(-c1ccccc1)c1ccc([nH]1)c2-c1ccccc1. The smallest absolute Gasteiger partial charge is 0.0798 e. The maximum absolute atomic E-state index is 5.18. The average Bonchev–Trinajstić information content (AvgIpc) is 3.72. The molecule has 6 bridgehead atoms. The summed E-state index contributed by atoms with van der Waals surface area (Å²) in [6.07, 6.45) is 4.26. The van der Waals surface area contributed by atoms with Gasteiger partial charge in [-0.05, 0) is 59.7 Å². The molecule has 2 N–H and O–H groups in total. The van der Waals surface area contributed by atoms with Crippen LogP contribution in [-0.4, -0.2) is 15.0 Å². The minimum absolute atomic E-state index is 0.953. The molecule has 3 aromatic carbocycles. The number of fused-ring (bicyclic) bond motifs is 6. The summed E-state index contributed by atoms with van der Waals surface area (Å²) in [4.78, 5) is 14.9. The van der Waals surface area contributed by atoms with E-state index in [2.05, 4.69) is 131 Å². The zero-order chi connectivity index (χ0) is 24.6. The number of aromatic nitrogens is 3. The zero-order valence-corrected chi connectivity index (χ0v) is 20.8. The summed E-state index contributed by atoms with van der Waals surface area (Å²) in [7, 11) is 0. The van der Waals surface area contributed by atoms with E-state index in [1.54, 1.807) is 11.8 Å². The van der Waals surface area contributed by atoms with Gasteiger partial charge in [0.1, 0.15) is 0 Å². The number of nitrogens with one attached hydrogen (secondary N) is 2. The van der Waals surface area contributed by atoms with Gasteiger partial charge in [-0.25, -0.2) is 4.98 Å². The fraction of sp³-hybridized carbons (Fsp3) is 0. The first-order valence-electron chi connectivity index (χ1n) is 12.3. The van der Waals surface area contributed by atoms with Gasteiger partial charge in [-0.3, -0.25) is 0 Å². The first-order valence-corrected chi connectivity index (χ1v) is 13.1. The summed E-state index contributed by atoms with van der Waals surface area (Å²) in [5, 5.41) is 0. The first kappa shape index (κ1) is 21.7. The van der Waals surface area contributed by atoms with E-state index in [4.69, 9.17) is 4.98 Å². The maximum Gasteiger partial charge on any atom is 0.0798 e. The van der Waals surface area contributed by atoms with Crippen LogP contribution < -0.4 is 0 Å². The van der Waals surface area contributed by atoms with E-state index >= 15 is 0 Å². The van der Waals surface area contributed by atoms with E-state index in [9.17, 15) is 0 Å². The highest BCUT2D eigenvalue weighted by molar-refractivity contribution is 7.99. The van der Waals surface area contributed by atoms with E-state index in [-0.39, 0.29) is 0 Å². The number of hydrogen-bond acceptors (Lipinski definition) is 2. The van der Waals surface area contributed by atoms with Gasteiger partial charge in [-0.15, -0.1) is 0 Å². The number of H-pyrrole nitrogens is 2. The number of aromatic amines is 2. The van der Waals surface area contributed by atoms with Crippen LogP contribution in [0.4, 0.5) is 0 Å². The van der Waals surface area contributed by atoms with Gasteiger partial charge < -0.3 is 9.97 Å². The van der Waals surface area contributed by atoms with Gasteiger partial charge in [-0.1, -0.05) is 90.6 Å². The van der Waals surface area contributed by atoms with E-state index in [0.717, 1.165) is 60.6 Å². The normalized spacial score (nSPS) is 11.8. The molecular formula is C33H23N3S. The summed E-state index contributed by atoms with van der Waals surface area (Å²) < 4.78 is 0. The van der Waals surface area contributed by atoms with Gasteiger partial charge in [0.25, 0.3) is 0 Å². The third-order valence-electron chi connectivity index (χ3n) is 6.64. The fourth-order valence-electron chi connectivity index (χ4n) is 4.95. The standard InChI is InChI=1S/C33H23N3S/c1-4-10-22(11-5-1)31-25-16-17-26(34-25)32(23-12-6-2-7-13-23)28-19-21-30(36-28)33(29-20-18-27(31)35-29)37-24-14-8-3-9-15-24/h1-21,34-35H. The molecule has 7 rings (SSSR count). The Morgan fingerprint density at radius 3 is 1.59 bits per heavy atom. The molecule has 3 aromatic heterocycles. The third kappa shape index (κ3) is 4.02. The van der Waals surface area contributed by atoms with Crippen LogP contribution in [-0.2, 0) is 0 Å². The van der Waals surface area contributed by atoms with Gasteiger partial charge in [0.05, 0.1) is 21.8 Å². The van der Waals surface area contributed by atoms with E-state index in [1.807, 2.05) is 6.07 Å². The zero-order valence-electron chi connectivity index (χ0n) is 20.0. The quantitative estimate of drug-likeness (QED) is 0.257. The van der Waals surface area contributed by atoms with Gasteiger partial charge in [0, 0.05) is 32.6 Å². The van der Waals surface area contributed by atoms with Gasteiger partial charge in [0.2, 0.25) is 0 Å². The second-order valence-electron chi connectivity index (χ2n) is 9.01. The lowest BCUT2D eigenvalue weighted by Crippen LogP contribution is -1.87. The molecule has 0 amide bonds. The van der Waals surface area contributed by atoms with Gasteiger partial charge in [-0.2, -0.15) is 0 Å². The van der Waals surface area contributed by atoms with Crippen LogP contribution in [0.5, 0.6) is 0 Å².